The number of thioether (sulfide) groups is 1. The largest absolute Gasteiger partial charge is 0.676 e. The molecule has 0 radical (unpaired) electrons. The molecule has 15 heavy (non-hydrogen) atoms. The Labute approximate surface area is 97.8 Å². The summed E-state index contributed by atoms with van der Waals surface area (Å²) in [6.45, 7) is 7.06. The van der Waals surface area contributed by atoms with Gasteiger partial charge in [0.2, 0.25) is 0 Å². The van der Waals surface area contributed by atoms with Crippen LogP contribution in [0.1, 0.15) is 27.2 Å². The fraction of sp³-hybridized carbons (Fsp3) is 1.00. The van der Waals surface area contributed by atoms with Gasteiger partial charge in [-0.1, -0.05) is 6.92 Å². The Morgan fingerprint density at radius 1 is 1.00 bits per heavy atom. The summed E-state index contributed by atoms with van der Waals surface area (Å²) < 4.78 is 15.5. The van der Waals surface area contributed by atoms with E-state index in [0.29, 0.717) is 19.8 Å². The van der Waals surface area contributed by atoms with Crippen LogP contribution in [0.15, 0.2) is 0 Å². The van der Waals surface area contributed by atoms with Crippen molar-refractivity contribution in [2.24, 2.45) is 0 Å². The topological polar surface area (TPSA) is 47.9 Å². The zero-order valence-electron chi connectivity index (χ0n) is 9.82. The molecular weight excluding hydrogens is 232 g/mol. The number of hydrogen-bond donors (Lipinski definition) is 1. The van der Waals surface area contributed by atoms with Gasteiger partial charge in [-0.2, -0.15) is 11.8 Å². The van der Waals surface area contributed by atoms with Crippen LogP contribution in [0.5, 0.6) is 0 Å². The smallest absolute Gasteiger partial charge is 0.367 e. The summed E-state index contributed by atoms with van der Waals surface area (Å²) >= 11 is 1.81. The van der Waals surface area contributed by atoms with E-state index in [1.807, 2.05) is 13.8 Å². The molecule has 0 aromatic rings. The molecule has 92 valence electrons. The maximum absolute atomic E-state index is 9.83. The third kappa shape index (κ3) is 8.24. The van der Waals surface area contributed by atoms with Crippen LogP contribution in [-0.2, 0) is 13.3 Å². The van der Waals surface area contributed by atoms with Crippen molar-refractivity contribution in [3.05, 3.63) is 0 Å². The molecule has 0 saturated heterocycles. The first kappa shape index (κ1) is 15.4. The minimum Gasteiger partial charge on any atom is -0.367 e. The molecule has 0 atom stereocenters. The summed E-state index contributed by atoms with van der Waals surface area (Å²) in [4.78, 5) is 9.83. The van der Waals surface area contributed by atoms with E-state index in [4.69, 9.17) is 13.3 Å². The first-order valence-corrected chi connectivity index (χ1v) is 8.23. The standard InChI is InChI=1S/C9H22O4SSi/c1-4-8-14-9-7-13-15(10,11-5-2)12-6-3/h10H,4-9H2,1-3H3. The van der Waals surface area contributed by atoms with E-state index in [1.54, 1.807) is 11.8 Å². The summed E-state index contributed by atoms with van der Waals surface area (Å²) in [5.41, 5.74) is 0. The first-order valence-electron chi connectivity index (χ1n) is 5.40. The molecule has 0 aliphatic carbocycles. The van der Waals surface area contributed by atoms with Gasteiger partial charge in [0, 0.05) is 25.6 Å². The van der Waals surface area contributed by atoms with Gasteiger partial charge in [-0.05, 0) is 26.0 Å². The average Bonchev–Trinajstić information content (AvgIpc) is 2.18. The Balaban J connectivity index is 3.65. The van der Waals surface area contributed by atoms with Crippen LogP contribution in [0.3, 0.4) is 0 Å². The van der Waals surface area contributed by atoms with Crippen molar-refractivity contribution < 1.29 is 18.1 Å². The van der Waals surface area contributed by atoms with E-state index in [0.717, 1.165) is 17.9 Å². The van der Waals surface area contributed by atoms with Gasteiger partial charge >= 0.3 is 9.05 Å². The highest BCUT2D eigenvalue weighted by molar-refractivity contribution is 7.99. The van der Waals surface area contributed by atoms with E-state index in [9.17, 15) is 4.80 Å². The van der Waals surface area contributed by atoms with Crippen LogP contribution < -0.4 is 0 Å². The highest BCUT2D eigenvalue weighted by Crippen LogP contribution is 2.08. The highest BCUT2D eigenvalue weighted by Gasteiger charge is 2.40. The minimum atomic E-state index is -3.32. The molecule has 4 nitrogen and oxygen atoms in total. The molecule has 0 aliphatic heterocycles. The number of rotatable bonds is 10. The van der Waals surface area contributed by atoms with Crippen molar-refractivity contribution in [3.8, 4) is 0 Å². The molecule has 0 aliphatic rings. The quantitative estimate of drug-likeness (QED) is 0.474. The average molecular weight is 254 g/mol. The SMILES string of the molecule is CCCSCCO[Si](O)(OCC)OCC. The summed E-state index contributed by atoms with van der Waals surface area (Å²) in [6, 6.07) is 0. The van der Waals surface area contributed by atoms with E-state index >= 15 is 0 Å². The molecule has 0 rings (SSSR count). The molecular formula is C9H22O4SSi. The molecule has 0 bridgehead atoms. The van der Waals surface area contributed by atoms with E-state index in [1.165, 1.54) is 0 Å². The van der Waals surface area contributed by atoms with Gasteiger partial charge < -0.3 is 18.1 Å². The molecule has 1 N–H and O–H groups in total. The Kier molecular flexibility index (Phi) is 9.88. The lowest BCUT2D eigenvalue weighted by atomic mass is 10.6. The Bertz CT molecular complexity index is 142. The fourth-order valence-electron chi connectivity index (χ4n) is 0.966. The van der Waals surface area contributed by atoms with Gasteiger partial charge in [-0.3, -0.25) is 0 Å². The molecule has 6 heteroatoms. The first-order chi connectivity index (χ1) is 7.18. The number of hydrogen-bond acceptors (Lipinski definition) is 5. The normalized spacial score (nSPS) is 12.0. The Morgan fingerprint density at radius 3 is 2.07 bits per heavy atom. The van der Waals surface area contributed by atoms with Crippen LogP contribution in [0.2, 0.25) is 0 Å². The van der Waals surface area contributed by atoms with Crippen molar-refractivity contribution in [3.63, 3.8) is 0 Å². The zero-order chi connectivity index (χ0) is 11.6. The van der Waals surface area contributed by atoms with Crippen LogP contribution >= 0.6 is 11.8 Å². The predicted molar refractivity (Wildman–Crippen MR) is 64.8 cm³/mol. The summed E-state index contributed by atoms with van der Waals surface area (Å²) in [7, 11) is -3.32. The second kappa shape index (κ2) is 9.62. The van der Waals surface area contributed by atoms with Gasteiger partial charge in [0.05, 0.1) is 0 Å². The Hall–Kier alpha value is 0.407. The molecule has 0 aromatic heterocycles. The van der Waals surface area contributed by atoms with Crippen molar-refractivity contribution in [2.45, 2.75) is 27.2 Å². The second-order valence-electron chi connectivity index (χ2n) is 2.85. The van der Waals surface area contributed by atoms with Crippen molar-refractivity contribution >= 4 is 20.8 Å². The van der Waals surface area contributed by atoms with Crippen molar-refractivity contribution in [1.29, 1.82) is 0 Å². The van der Waals surface area contributed by atoms with Crippen LogP contribution in [-0.4, -0.2) is 45.2 Å². The lowest BCUT2D eigenvalue weighted by Gasteiger charge is -2.21. The molecule has 0 spiro atoms. The lowest BCUT2D eigenvalue weighted by Crippen LogP contribution is -2.46. The van der Waals surface area contributed by atoms with E-state index < -0.39 is 9.05 Å². The van der Waals surface area contributed by atoms with Gasteiger partial charge in [0.1, 0.15) is 0 Å². The van der Waals surface area contributed by atoms with E-state index in [2.05, 4.69) is 6.92 Å². The minimum absolute atomic E-state index is 0.408. The van der Waals surface area contributed by atoms with Crippen LogP contribution in [0, 0.1) is 0 Å². The lowest BCUT2D eigenvalue weighted by molar-refractivity contribution is 0.00208. The van der Waals surface area contributed by atoms with Crippen molar-refractivity contribution in [1.82, 2.24) is 0 Å². The molecule has 0 fully saturated rings. The van der Waals surface area contributed by atoms with Gasteiger partial charge in [-0.25, -0.2) is 0 Å². The maximum Gasteiger partial charge on any atom is 0.676 e. The van der Waals surface area contributed by atoms with Gasteiger partial charge in [0.15, 0.2) is 0 Å². The molecule has 0 amide bonds. The monoisotopic (exact) mass is 254 g/mol. The fourth-order valence-corrected chi connectivity index (χ4v) is 3.15. The van der Waals surface area contributed by atoms with Gasteiger partial charge in [0.25, 0.3) is 0 Å². The molecule has 0 unspecified atom stereocenters. The summed E-state index contributed by atoms with van der Waals surface area (Å²) in [5.74, 6) is 1.98. The van der Waals surface area contributed by atoms with Crippen molar-refractivity contribution in [2.75, 3.05) is 31.3 Å². The molecule has 0 saturated carbocycles. The Morgan fingerprint density at radius 2 is 1.60 bits per heavy atom. The highest BCUT2D eigenvalue weighted by atomic mass is 32.2. The predicted octanol–water partition coefficient (Wildman–Crippen LogP) is 1.65. The summed E-state index contributed by atoms with van der Waals surface area (Å²) in [6.07, 6.45) is 1.16. The second-order valence-corrected chi connectivity index (χ2v) is 5.99. The van der Waals surface area contributed by atoms with Crippen LogP contribution in [0.25, 0.3) is 0 Å². The molecule has 0 aromatic carbocycles. The summed E-state index contributed by atoms with van der Waals surface area (Å²) in [5, 5.41) is 0. The van der Waals surface area contributed by atoms with Crippen LogP contribution in [0.4, 0.5) is 0 Å². The third-order valence-corrected chi connectivity index (χ3v) is 4.54. The maximum atomic E-state index is 9.83. The van der Waals surface area contributed by atoms with Gasteiger partial charge in [-0.15, -0.1) is 0 Å². The molecule has 0 heterocycles. The third-order valence-electron chi connectivity index (χ3n) is 1.51. The zero-order valence-corrected chi connectivity index (χ0v) is 11.6. The van der Waals surface area contributed by atoms with E-state index in [-0.39, 0.29) is 0 Å².